The van der Waals surface area contributed by atoms with Crippen molar-refractivity contribution in [3.63, 3.8) is 0 Å². The van der Waals surface area contributed by atoms with E-state index < -0.39 is 5.91 Å². The van der Waals surface area contributed by atoms with E-state index >= 15 is 0 Å². The number of carbonyl (C=O) groups excluding carboxylic acids is 2. The number of carbonyl (C=O) groups is 2. The first-order valence-corrected chi connectivity index (χ1v) is 4.90. The van der Waals surface area contributed by atoms with Gasteiger partial charge in [0.05, 0.1) is 6.54 Å². The molecule has 6 heteroatoms. The van der Waals surface area contributed by atoms with Gasteiger partial charge >= 0.3 is 0 Å². The predicted molar refractivity (Wildman–Crippen MR) is 59.9 cm³/mol. The largest absolute Gasteiger partial charge is 0.376 e. The number of primary amides is 1. The maximum absolute atomic E-state index is 11.4. The molecule has 1 heterocycles. The fourth-order valence-electron chi connectivity index (χ4n) is 1.10. The molecule has 0 bridgehead atoms. The average molecular weight is 222 g/mol. The SMILES string of the molecule is CCNC(=O)c1cc(NCC(N)=O)ccn1. The van der Waals surface area contributed by atoms with Crippen molar-refractivity contribution in [3.05, 3.63) is 24.0 Å². The van der Waals surface area contributed by atoms with Gasteiger partial charge in [0, 0.05) is 18.4 Å². The normalized spacial score (nSPS) is 9.56. The molecule has 0 aliphatic carbocycles. The molecule has 1 aromatic heterocycles. The van der Waals surface area contributed by atoms with Crippen molar-refractivity contribution >= 4 is 17.5 Å². The lowest BCUT2D eigenvalue weighted by atomic mass is 10.3. The van der Waals surface area contributed by atoms with E-state index in [9.17, 15) is 9.59 Å². The number of hydrogen-bond acceptors (Lipinski definition) is 4. The lowest BCUT2D eigenvalue weighted by Gasteiger charge is -2.05. The minimum absolute atomic E-state index is 0.0266. The second-order valence-electron chi connectivity index (χ2n) is 3.11. The second kappa shape index (κ2) is 5.69. The molecular formula is C10H14N4O2. The predicted octanol–water partition coefficient (Wildman–Crippen LogP) is -0.271. The Labute approximate surface area is 93.2 Å². The summed E-state index contributed by atoms with van der Waals surface area (Å²) in [5.74, 6) is -0.707. The first-order chi connectivity index (χ1) is 7.63. The van der Waals surface area contributed by atoms with Crippen LogP contribution < -0.4 is 16.4 Å². The standard InChI is InChI=1S/C10H14N4O2/c1-2-12-10(16)8-5-7(3-4-13-8)14-6-9(11)15/h3-5H,2,6H2,1H3,(H2,11,15)(H,12,16)(H,13,14). The molecular weight excluding hydrogens is 208 g/mol. The summed E-state index contributed by atoms with van der Waals surface area (Å²) in [5, 5.41) is 5.42. The Hall–Kier alpha value is -2.11. The van der Waals surface area contributed by atoms with Gasteiger partial charge in [0.1, 0.15) is 5.69 Å². The Morgan fingerprint density at radius 1 is 1.50 bits per heavy atom. The Morgan fingerprint density at radius 3 is 2.88 bits per heavy atom. The Morgan fingerprint density at radius 2 is 2.25 bits per heavy atom. The number of hydrogen-bond donors (Lipinski definition) is 3. The highest BCUT2D eigenvalue weighted by atomic mass is 16.2. The summed E-state index contributed by atoms with van der Waals surface area (Å²) in [5.41, 5.74) is 5.93. The van der Waals surface area contributed by atoms with Crippen molar-refractivity contribution in [3.8, 4) is 0 Å². The molecule has 0 spiro atoms. The first kappa shape index (κ1) is 12.0. The Kier molecular flexibility index (Phi) is 4.26. The molecule has 0 atom stereocenters. The van der Waals surface area contributed by atoms with Crippen LogP contribution in [0.2, 0.25) is 0 Å². The van der Waals surface area contributed by atoms with Crippen molar-refractivity contribution in [1.29, 1.82) is 0 Å². The van der Waals surface area contributed by atoms with Crippen molar-refractivity contribution in [2.75, 3.05) is 18.4 Å². The van der Waals surface area contributed by atoms with E-state index in [1.54, 1.807) is 12.1 Å². The molecule has 4 N–H and O–H groups in total. The molecule has 0 unspecified atom stereocenters. The molecule has 0 fully saturated rings. The molecule has 1 aromatic rings. The van der Waals surface area contributed by atoms with Gasteiger partial charge in [-0.25, -0.2) is 0 Å². The zero-order chi connectivity index (χ0) is 12.0. The van der Waals surface area contributed by atoms with Crippen molar-refractivity contribution in [1.82, 2.24) is 10.3 Å². The van der Waals surface area contributed by atoms with Gasteiger partial charge in [0.15, 0.2) is 0 Å². The van der Waals surface area contributed by atoms with Gasteiger partial charge < -0.3 is 16.4 Å². The molecule has 0 aliphatic heterocycles. The highest BCUT2D eigenvalue weighted by Crippen LogP contribution is 2.07. The molecule has 0 radical (unpaired) electrons. The number of amides is 2. The minimum atomic E-state index is -0.462. The summed E-state index contributed by atoms with van der Waals surface area (Å²) in [4.78, 5) is 25.9. The molecule has 0 saturated carbocycles. The van der Waals surface area contributed by atoms with E-state index in [-0.39, 0.29) is 12.5 Å². The Bertz CT molecular complexity index is 392. The summed E-state index contributed by atoms with van der Waals surface area (Å²) in [6.07, 6.45) is 1.49. The van der Waals surface area contributed by atoms with E-state index in [0.717, 1.165) is 0 Å². The summed E-state index contributed by atoms with van der Waals surface area (Å²) in [7, 11) is 0. The van der Waals surface area contributed by atoms with Crippen LogP contribution in [-0.2, 0) is 4.79 Å². The van der Waals surface area contributed by atoms with Crippen LogP contribution in [0.1, 0.15) is 17.4 Å². The third-order valence-electron chi connectivity index (χ3n) is 1.80. The smallest absolute Gasteiger partial charge is 0.269 e. The monoisotopic (exact) mass is 222 g/mol. The maximum atomic E-state index is 11.4. The number of pyridine rings is 1. The number of aromatic nitrogens is 1. The number of rotatable bonds is 5. The third kappa shape index (κ3) is 3.56. The molecule has 1 rings (SSSR count). The van der Waals surface area contributed by atoms with Gasteiger partial charge in [-0.2, -0.15) is 0 Å². The van der Waals surface area contributed by atoms with Crippen LogP contribution in [0.3, 0.4) is 0 Å². The van der Waals surface area contributed by atoms with Crippen LogP contribution in [0.25, 0.3) is 0 Å². The van der Waals surface area contributed by atoms with Gasteiger partial charge in [-0.1, -0.05) is 0 Å². The summed E-state index contributed by atoms with van der Waals surface area (Å²) in [6, 6.07) is 3.22. The van der Waals surface area contributed by atoms with Gasteiger partial charge in [0.2, 0.25) is 5.91 Å². The minimum Gasteiger partial charge on any atom is -0.376 e. The number of nitrogens with two attached hydrogens (primary N) is 1. The second-order valence-corrected chi connectivity index (χ2v) is 3.11. The zero-order valence-corrected chi connectivity index (χ0v) is 8.99. The molecule has 16 heavy (non-hydrogen) atoms. The Balaban J connectivity index is 2.70. The molecule has 0 saturated heterocycles. The topological polar surface area (TPSA) is 97.1 Å². The molecule has 86 valence electrons. The van der Waals surface area contributed by atoms with Crippen LogP contribution in [0, 0.1) is 0 Å². The molecule has 6 nitrogen and oxygen atoms in total. The number of anilines is 1. The van der Waals surface area contributed by atoms with E-state index in [2.05, 4.69) is 15.6 Å². The van der Waals surface area contributed by atoms with E-state index in [4.69, 9.17) is 5.73 Å². The van der Waals surface area contributed by atoms with Crippen molar-refractivity contribution in [2.24, 2.45) is 5.73 Å². The fraction of sp³-hybridized carbons (Fsp3) is 0.300. The first-order valence-electron chi connectivity index (χ1n) is 4.90. The van der Waals surface area contributed by atoms with Gasteiger partial charge in [0.25, 0.3) is 5.91 Å². The van der Waals surface area contributed by atoms with E-state index in [1.165, 1.54) is 6.20 Å². The molecule has 0 aromatic carbocycles. The quantitative estimate of drug-likeness (QED) is 0.638. The van der Waals surface area contributed by atoms with Crippen LogP contribution in [0.15, 0.2) is 18.3 Å². The van der Waals surface area contributed by atoms with Crippen LogP contribution in [-0.4, -0.2) is 29.9 Å². The van der Waals surface area contributed by atoms with Crippen LogP contribution in [0.5, 0.6) is 0 Å². The molecule has 2 amide bonds. The fourth-order valence-corrected chi connectivity index (χ4v) is 1.10. The van der Waals surface area contributed by atoms with Gasteiger partial charge in [-0.3, -0.25) is 14.6 Å². The average Bonchev–Trinajstić information content (AvgIpc) is 2.27. The molecule has 0 aliphatic rings. The lowest BCUT2D eigenvalue weighted by molar-refractivity contribution is -0.116. The summed E-state index contributed by atoms with van der Waals surface area (Å²) in [6.45, 7) is 2.39. The highest BCUT2D eigenvalue weighted by Gasteiger charge is 2.06. The van der Waals surface area contributed by atoms with Gasteiger partial charge in [-0.05, 0) is 19.1 Å². The maximum Gasteiger partial charge on any atom is 0.269 e. The number of nitrogens with one attached hydrogen (secondary N) is 2. The van der Waals surface area contributed by atoms with Crippen molar-refractivity contribution < 1.29 is 9.59 Å². The van der Waals surface area contributed by atoms with Crippen molar-refractivity contribution in [2.45, 2.75) is 6.92 Å². The lowest BCUT2D eigenvalue weighted by Crippen LogP contribution is -2.24. The summed E-state index contributed by atoms with van der Waals surface area (Å²) >= 11 is 0. The highest BCUT2D eigenvalue weighted by molar-refractivity contribution is 5.93. The summed E-state index contributed by atoms with van der Waals surface area (Å²) < 4.78 is 0. The zero-order valence-electron chi connectivity index (χ0n) is 8.99. The van der Waals surface area contributed by atoms with Gasteiger partial charge in [-0.15, -0.1) is 0 Å². The number of nitrogens with zero attached hydrogens (tertiary/aromatic N) is 1. The van der Waals surface area contributed by atoms with E-state index in [0.29, 0.717) is 17.9 Å². The third-order valence-corrected chi connectivity index (χ3v) is 1.80. The van der Waals surface area contributed by atoms with E-state index in [1.807, 2.05) is 6.92 Å². The van der Waals surface area contributed by atoms with Crippen LogP contribution >= 0.6 is 0 Å². The van der Waals surface area contributed by atoms with Crippen LogP contribution in [0.4, 0.5) is 5.69 Å².